The van der Waals surface area contributed by atoms with Crippen molar-refractivity contribution in [2.75, 3.05) is 26.2 Å². The summed E-state index contributed by atoms with van der Waals surface area (Å²) in [6, 6.07) is 12.9. The number of benzene rings is 2. The summed E-state index contributed by atoms with van der Waals surface area (Å²) in [6.07, 6.45) is 1.50. The molecule has 0 saturated carbocycles. The van der Waals surface area contributed by atoms with Crippen molar-refractivity contribution >= 4 is 23.4 Å². The van der Waals surface area contributed by atoms with Crippen molar-refractivity contribution in [3.8, 4) is 11.5 Å². The van der Waals surface area contributed by atoms with Crippen molar-refractivity contribution in [2.45, 2.75) is 13.5 Å². The zero-order valence-electron chi connectivity index (χ0n) is 17.5. The molecule has 0 radical (unpaired) electrons. The Morgan fingerprint density at radius 2 is 1.84 bits per heavy atom. The summed E-state index contributed by atoms with van der Waals surface area (Å²) in [6.45, 7) is 4.20. The highest BCUT2D eigenvalue weighted by Gasteiger charge is 2.23. The van der Waals surface area contributed by atoms with Crippen LogP contribution in [0.3, 0.4) is 0 Å². The standard InChI is InChI=1S/C23H22ClFN4O3/c1-16(30)21-6-7-29(26-21)23(31)28-10-8-27(9-11-28)15-17-12-18(25)14-19(13-17)32-22-5-3-2-4-20(22)24/h2-7,12-14H,8-11,15H2,1H3. The van der Waals surface area contributed by atoms with Crippen LogP contribution in [0, 0.1) is 5.82 Å². The molecule has 1 aliphatic rings. The quantitative estimate of drug-likeness (QED) is 0.530. The molecule has 4 rings (SSSR count). The number of amides is 1. The van der Waals surface area contributed by atoms with Crippen LogP contribution in [0.25, 0.3) is 0 Å². The smallest absolute Gasteiger partial charge is 0.344 e. The van der Waals surface area contributed by atoms with E-state index in [0.717, 1.165) is 5.56 Å². The molecule has 32 heavy (non-hydrogen) atoms. The van der Waals surface area contributed by atoms with Gasteiger partial charge in [-0.2, -0.15) is 9.78 Å². The molecular formula is C23H22ClFN4O3. The minimum atomic E-state index is -0.390. The molecule has 1 aliphatic heterocycles. The van der Waals surface area contributed by atoms with Crippen LogP contribution in [0.1, 0.15) is 23.0 Å². The molecule has 2 heterocycles. The van der Waals surface area contributed by atoms with Gasteiger partial charge in [0.1, 0.15) is 23.0 Å². The second kappa shape index (κ2) is 9.50. The van der Waals surface area contributed by atoms with E-state index in [0.29, 0.717) is 49.2 Å². The van der Waals surface area contributed by atoms with Crippen molar-refractivity contribution in [2.24, 2.45) is 0 Å². The minimum Gasteiger partial charge on any atom is -0.456 e. The van der Waals surface area contributed by atoms with Gasteiger partial charge in [-0.25, -0.2) is 9.18 Å². The van der Waals surface area contributed by atoms with E-state index in [2.05, 4.69) is 10.00 Å². The van der Waals surface area contributed by atoms with Crippen molar-refractivity contribution in [3.63, 3.8) is 0 Å². The van der Waals surface area contributed by atoms with Gasteiger partial charge in [-0.3, -0.25) is 9.69 Å². The lowest BCUT2D eigenvalue weighted by Crippen LogP contribution is -2.49. The van der Waals surface area contributed by atoms with Gasteiger partial charge in [0.15, 0.2) is 5.78 Å². The number of carbonyl (C=O) groups is 2. The molecule has 0 unspecified atom stereocenters. The zero-order valence-corrected chi connectivity index (χ0v) is 18.3. The van der Waals surface area contributed by atoms with E-state index in [1.807, 2.05) is 0 Å². The number of hydrogen-bond acceptors (Lipinski definition) is 5. The average Bonchev–Trinajstić information content (AvgIpc) is 3.26. The second-order valence-electron chi connectivity index (χ2n) is 7.58. The topological polar surface area (TPSA) is 67.7 Å². The number of hydrogen-bond donors (Lipinski definition) is 0. The normalized spacial score (nSPS) is 14.4. The first-order valence-corrected chi connectivity index (χ1v) is 10.6. The predicted octanol–water partition coefficient (Wildman–Crippen LogP) is 4.46. The Morgan fingerprint density at radius 3 is 2.53 bits per heavy atom. The number of ketones is 1. The maximum Gasteiger partial charge on any atom is 0.344 e. The minimum absolute atomic E-state index is 0.186. The Balaban J connectivity index is 1.36. The number of para-hydroxylation sites is 1. The van der Waals surface area contributed by atoms with E-state index in [1.165, 1.54) is 36.0 Å². The molecule has 0 bridgehead atoms. The highest BCUT2D eigenvalue weighted by molar-refractivity contribution is 6.32. The average molecular weight is 457 g/mol. The molecule has 0 atom stereocenters. The van der Waals surface area contributed by atoms with Crippen LogP contribution in [0.5, 0.6) is 11.5 Å². The van der Waals surface area contributed by atoms with Crippen LogP contribution in [0.2, 0.25) is 5.02 Å². The molecule has 0 N–H and O–H groups in total. The third-order valence-corrected chi connectivity index (χ3v) is 5.50. The van der Waals surface area contributed by atoms with Crippen LogP contribution < -0.4 is 4.74 Å². The van der Waals surface area contributed by atoms with Gasteiger partial charge in [0.05, 0.1) is 5.02 Å². The first-order valence-electron chi connectivity index (χ1n) is 10.2. The number of carbonyl (C=O) groups excluding carboxylic acids is 2. The van der Waals surface area contributed by atoms with Gasteiger partial charge < -0.3 is 9.64 Å². The molecule has 0 spiro atoms. The van der Waals surface area contributed by atoms with Gasteiger partial charge in [0.2, 0.25) is 0 Å². The lowest BCUT2D eigenvalue weighted by Gasteiger charge is -2.34. The molecular weight excluding hydrogens is 435 g/mol. The third-order valence-electron chi connectivity index (χ3n) is 5.19. The summed E-state index contributed by atoms with van der Waals surface area (Å²) < 4.78 is 21.1. The Bertz CT molecular complexity index is 1140. The molecule has 1 amide bonds. The SMILES string of the molecule is CC(=O)c1ccn(C(=O)N2CCN(Cc3cc(F)cc(Oc4ccccc4Cl)c3)CC2)n1. The van der Waals surface area contributed by atoms with E-state index in [-0.39, 0.29) is 17.5 Å². The van der Waals surface area contributed by atoms with Crippen LogP contribution in [0.15, 0.2) is 54.7 Å². The Kier molecular flexibility index (Phi) is 6.53. The Labute approximate surface area is 189 Å². The van der Waals surface area contributed by atoms with Crippen LogP contribution in [0.4, 0.5) is 9.18 Å². The maximum absolute atomic E-state index is 14.2. The van der Waals surface area contributed by atoms with Gasteiger partial charge in [-0.1, -0.05) is 23.7 Å². The fourth-order valence-electron chi connectivity index (χ4n) is 3.54. The van der Waals surface area contributed by atoms with Crippen molar-refractivity contribution in [3.05, 3.63) is 76.8 Å². The molecule has 0 aliphatic carbocycles. The zero-order chi connectivity index (χ0) is 22.7. The molecule has 1 saturated heterocycles. The number of ether oxygens (including phenoxy) is 1. The van der Waals surface area contributed by atoms with Gasteiger partial charge in [-0.05, 0) is 35.9 Å². The highest BCUT2D eigenvalue weighted by Crippen LogP contribution is 2.30. The van der Waals surface area contributed by atoms with E-state index < -0.39 is 5.82 Å². The summed E-state index contributed by atoms with van der Waals surface area (Å²) in [4.78, 5) is 27.8. The van der Waals surface area contributed by atoms with Crippen LogP contribution >= 0.6 is 11.6 Å². The third kappa shape index (κ3) is 5.15. The van der Waals surface area contributed by atoms with E-state index in [1.54, 1.807) is 35.2 Å². The fourth-order valence-corrected chi connectivity index (χ4v) is 3.72. The molecule has 1 fully saturated rings. The first kappa shape index (κ1) is 22.0. The van der Waals surface area contributed by atoms with Crippen LogP contribution in [-0.4, -0.2) is 57.6 Å². The monoisotopic (exact) mass is 456 g/mol. The Morgan fingerprint density at radius 1 is 1.09 bits per heavy atom. The molecule has 2 aromatic carbocycles. The summed E-state index contributed by atoms with van der Waals surface area (Å²) in [7, 11) is 0. The van der Waals surface area contributed by atoms with Gasteiger partial charge in [-0.15, -0.1) is 0 Å². The molecule has 3 aromatic rings. The number of aromatic nitrogens is 2. The van der Waals surface area contributed by atoms with E-state index in [9.17, 15) is 14.0 Å². The van der Waals surface area contributed by atoms with E-state index >= 15 is 0 Å². The van der Waals surface area contributed by atoms with E-state index in [4.69, 9.17) is 16.3 Å². The molecule has 166 valence electrons. The second-order valence-corrected chi connectivity index (χ2v) is 7.98. The van der Waals surface area contributed by atoms with Gasteiger partial charge >= 0.3 is 6.03 Å². The summed E-state index contributed by atoms with van der Waals surface area (Å²) >= 11 is 6.13. The summed E-state index contributed by atoms with van der Waals surface area (Å²) in [5.41, 5.74) is 1.03. The Hall–Kier alpha value is -3.23. The van der Waals surface area contributed by atoms with Gasteiger partial charge in [0.25, 0.3) is 0 Å². The molecule has 1 aromatic heterocycles. The number of halogens is 2. The number of nitrogens with zero attached hydrogens (tertiary/aromatic N) is 4. The lowest BCUT2D eigenvalue weighted by molar-refractivity contribution is 0.101. The van der Waals surface area contributed by atoms with Crippen molar-refractivity contribution < 1.29 is 18.7 Å². The summed E-state index contributed by atoms with van der Waals surface area (Å²) in [5, 5.41) is 4.48. The maximum atomic E-state index is 14.2. The number of piperazine rings is 1. The van der Waals surface area contributed by atoms with Crippen molar-refractivity contribution in [1.29, 1.82) is 0 Å². The molecule has 9 heteroatoms. The molecule has 7 nitrogen and oxygen atoms in total. The number of rotatable bonds is 5. The largest absolute Gasteiger partial charge is 0.456 e. The fraction of sp³-hybridized carbons (Fsp3) is 0.261. The van der Waals surface area contributed by atoms with Gasteiger partial charge in [0, 0.05) is 51.9 Å². The first-order chi connectivity index (χ1) is 15.4. The lowest BCUT2D eigenvalue weighted by atomic mass is 10.1. The van der Waals surface area contributed by atoms with Crippen LogP contribution in [-0.2, 0) is 6.54 Å². The van der Waals surface area contributed by atoms with Crippen molar-refractivity contribution in [1.82, 2.24) is 19.6 Å². The number of Topliss-reactive ketones (excluding diaryl/α,β-unsaturated/α-hetero) is 1. The summed E-state index contributed by atoms with van der Waals surface area (Å²) in [5.74, 6) is 0.263. The highest BCUT2D eigenvalue weighted by atomic mass is 35.5. The predicted molar refractivity (Wildman–Crippen MR) is 118 cm³/mol.